The van der Waals surface area contributed by atoms with Gasteiger partial charge in [-0.15, -0.1) is 0 Å². The Kier molecular flexibility index (Phi) is 3.51. The Hall–Kier alpha value is -1.72. The third-order valence-electron chi connectivity index (χ3n) is 2.66. The van der Waals surface area contributed by atoms with Crippen molar-refractivity contribution in [3.05, 3.63) is 35.9 Å². The summed E-state index contributed by atoms with van der Waals surface area (Å²) < 4.78 is 4.83. The quantitative estimate of drug-likeness (QED) is 0.755. The van der Waals surface area contributed by atoms with Crippen LogP contribution in [0.4, 0.5) is 0 Å². The summed E-state index contributed by atoms with van der Waals surface area (Å²) >= 11 is 0. The average Bonchev–Trinajstić information content (AvgIpc) is 2.35. The van der Waals surface area contributed by atoms with Crippen molar-refractivity contribution in [2.24, 2.45) is 0 Å². The molecule has 1 aliphatic heterocycles. The Morgan fingerprint density at radius 2 is 1.76 bits per heavy atom. The number of ether oxygens (including phenoxy) is 1. The van der Waals surface area contributed by atoms with Crippen LogP contribution in [0.1, 0.15) is 11.6 Å². The van der Waals surface area contributed by atoms with Crippen LogP contribution in [-0.4, -0.2) is 41.6 Å². The molecule has 0 spiro atoms. The molecule has 1 aliphatic rings. The predicted molar refractivity (Wildman–Crippen MR) is 58.9 cm³/mol. The van der Waals surface area contributed by atoms with Crippen molar-refractivity contribution in [1.29, 1.82) is 0 Å². The second-order valence-electron chi connectivity index (χ2n) is 3.76. The summed E-state index contributed by atoms with van der Waals surface area (Å²) in [5.41, 5.74) is 0.735. The number of amides is 2. The zero-order valence-corrected chi connectivity index (χ0v) is 9.20. The molecule has 0 radical (unpaired) electrons. The Morgan fingerprint density at radius 1 is 1.18 bits per heavy atom. The van der Waals surface area contributed by atoms with Crippen LogP contribution in [0.3, 0.4) is 0 Å². The number of nitrogens with zero attached hydrogens (tertiary/aromatic N) is 1. The van der Waals surface area contributed by atoms with E-state index in [4.69, 9.17) is 4.74 Å². The fraction of sp³-hybridized carbons (Fsp3) is 0.333. The fourth-order valence-electron chi connectivity index (χ4n) is 1.86. The van der Waals surface area contributed by atoms with Gasteiger partial charge in [0.2, 0.25) is 0 Å². The number of morpholine rings is 1. The smallest absolute Gasteiger partial charge is 0.255 e. The van der Waals surface area contributed by atoms with Crippen LogP contribution < -0.4 is 0 Å². The summed E-state index contributed by atoms with van der Waals surface area (Å²) in [6, 6.07) is 8.36. The van der Waals surface area contributed by atoms with Gasteiger partial charge in [-0.05, 0) is 5.56 Å². The Balaban J connectivity index is 2.29. The molecule has 1 fully saturated rings. The first-order chi connectivity index (χ1) is 8.24. The van der Waals surface area contributed by atoms with Crippen molar-refractivity contribution in [3.63, 3.8) is 0 Å². The van der Waals surface area contributed by atoms with Gasteiger partial charge in [0.1, 0.15) is 13.2 Å². The highest BCUT2D eigenvalue weighted by Crippen LogP contribution is 2.22. The van der Waals surface area contributed by atoms with Gasteiger partial charge in [-0.2, -0.15) is 0 Å². The normalized spacial score (nSPS) is 18.3. The van der Waals surface area contributed by atoms with E-state index in [9.17, 15) is 14.7 Å². The van der Waals surface area contributed by atoms with Gasteiger partial charge in [-0.1, -0.05) is 30.3 Å². The first kappa shape index (κ1) is 11.8. The molecule has 5 heteroatoms. The number of aliphatic hydroxyl groups is 1. The maximum absolute atomic E-state index is 11.6. The molecule has 1 saturated heterocycles. The number of benzene rings is 1. The molecule has 90 valence electrons. The minimum absolute atomic E-state index is 0.116. The molecule has 1 aromatic rings. The van der Waals surface area contributed by atoms with E-state index in [1.165, 1.54) is 0 Å². The maximum Gasteiger partial charge on any atom is 0.255 e. The number of hydrogen-bond acceptors (Lipinski definition) is 4. The lowest BCUT2D eigenvalue weighted by Crippen LogP contribution is -2.48. The highest BCUT2D eigenvalue weighted by atomic mass is 16.5. The summed E-state index contributed by atoms with van der Waals surface area (Å²) in [5, 5.41) is 9.38. The van der Waals surface area contributed by atoms with E-state index in [0.29, 0.717) is 0 Å². The molecule has 0 saturated carbocycles. The highest BCUT2D eigenvalue weighted by Gasteiger charge is 2.33. The largest absolute Gasteiger partial charge is 0.394 e. The third-order valence-corrected chi connectivity index (χ3v) is 2.66. The molecule has 1 N–H and O–H groups in total. The molecular weight excluding hydrogens is 222 g/mol. The Bertz CT molecular complexity index is 402. The molecule has 5 nitrogen and oxygen atoms in total. The minimum Gasteiger partial charge on any atom is -0.394 e. The highest BCUT2D eigenvalue weighted by molar-refractivity contribution is 5.98. The molecule has 1 aromatic carbocycles. The van der Waals surface area contributed by atoms with Gasteiger partial charge in [0.05, 0.1) is 12.6 Å². The third kappa shape index (κ3) is 2.35. The monoisotopic (exact) mass is 235 g/mol. The number of imide groups is 1. The van der Waals surface area contributed by atoms with Crippen LogP contribution in [0.25, 0.3) is 0 Å². The van der Waals surface area contributed by atoms with Gasteiger partial charge in [0.25, 0.3) is 11.8 Å². The molecule has 0 bridgehead atoms. The van der Waals surface area contributed by atoms with Crippen LogP contribution in [0.5, 0.6) is 0 Å². The topological polar surface area (TPSA) is 66.8 Å². The van der Waals surface area contributed by atoms with Gasteiger partial charge in [-0.25, -0.2) is 0 Å². The Labute approximate surface area is 98.6 Å². The van der Waals surface area contributed by atoms with Gasteiger partial charge in [0.15, 0.2) is 0 Å². The van der Waals surface area contributed by atoms with Gasteiger partial charge in [-0.3, -0.25) is 14.5 Å². The van der Waals surface area contributed by atoms with Gasteiger partial charge >= 0.3 is 0 Å². The van der Waals surface area contributed by atoms with Crippen molar-refractivity contribution in [3.8, 4) is 0 Å². The standard InChI is InChI=1S/C12H13NO4/c14-6-10(9-4-2-1-3-5-9)13-11(15)7-17-8-12(13)16/h1-5,10,14H,6-8H2. The molecule has 1 heterocycles. The average molecular weight is 235 g/mol. The van der Waals surface area contributed by atoms with Crippen molar-refractivity contribution in [1.82, 2.24) is 4.90 Å². The second kappa shape index (κ2) is 5.07. The number of carbonyl (C=O) groups excluding carboxylic acids is 2. The van der Waals surface area contributed by atoms with Crippen molar-refractivity contribution in [2.45, 2.75) is 6.04 Å². The van der Waals surface area contributed by atoms with E-state index < -0.39 is 17.9 Å². The van der Waals surface area contributed by atoms with E-state index in [2.05, 4.69) is 0 Å². The molecule has 2 amide bonds. The first-order valence-corrected chi connectivity index (χ1v) is 5.32. The zero-order valence-electron chi connectivity index (χ0n) is 9.20. The summed E-state index contributed by atoms with van der Waals surface area (Å²) in [7, 11) is 0. The van der Waals surface area contributed by atoms with Crippen LogP contribution in [0.2, 0.25) is 0 Å². The van der Waals surface area contributed by atoms with Gasteiger partial charge < -0.3 is 9.84 Å². The van der Waals surface area contributed by atoms with Crippen molar-refractivity contribution >= 4 is 11.8 Å². The SMILES string of the molecule is O=C1COCC(=O)N1C(CO)c1ccccc1. The van der Waals surface area contributed by atoms with Crippen molar-refractivity contribution in [2.75, 3.05) is 19.8 Å². The summed E-state index contributed by atoms with van der Waals surface area (Å²) in [4.78, 5) is 24.4. The molecular formula is C12H13NO4. The summed E-state index contributed by atoms with van der Waals surface area (Å²) in [6.07, 6.45) is 0. The first-order valence-electron chi connectivity index (χ1n) is 5.32. The fourth-order valence-corrected chi connectivity index (χ4v) is 1.86. The number of aliphatic hydroxyl groups excluding tert-OH is 1. The van der Waals surface area contributed by atoms with Crippen LogP contribution in [-0.2, 0) is 14.3 Å². The van der Waals surface area contributed by atoms with E-state index in [-0.39, 0.29) is 19.8 Å². The molecule has 0 aliphatic carbocycles. The van der Waals surface area contributed by atoms with Crippen LogP contribution in [0, 0.1) is 0 Å². The van der Waals surface area contributed by atoms with Crippen LogP contribution in [0.15, 0.2) is 30.3 Å². The summed E-state index contributed by atoms with van der Waals surface area (Å²) in [5.74, 6) is -0.826. The maximum atomic E-state index is 11.6. The number of rotatable bonds is 3. The molecule has 17 heavy (non-hydrogen) atoms. The summed E-state index contributed by atoms with van der Waals surface area (Å²) in [6.45, 7) is -0.522. The van der Waals surface area contributed by atoms with Crippen molar-refractivity contribution < 1.29 is 19.4 Å². The lowest BCUT2D eigenvalue weighted by atomic mass is 10.1. The van der Waals surface area contributed by atoms with E-state index >= 15 is 0 Å². The second-order valence-corrected chi connectivity index (χ2v) is 3.76. The molecule has 1 unspecified atom stereocenters. The van der Waals surface area contributed by atoms with Crippen LogP contribution >= 0.6 is 0 Å². The lowest BCUT2D eigenvalue weighted by molar-refractivity contribution is -0.162. The predicted octanol–water partition coefficient (Wildman–Crippen LogP) is 0.105. The molecule has 0 aromatic heterocycles. The van der Waals surface area contributed by atoms with E-state index in [1.54, 1.807) is 24.3 Å². The van der Waals surface area contributed by atoms with E-state index in [0.717, 1.165) is 10.5 Å². The number of carbonyl (C=O) groups is 2. The number of hydrogen-bond donors (Lipinski definition) is 1. The minimum atomic E-state index is -0.625. The lowest BCUT2D eigenvalue weighted by Gasteiger charge is -2.31. The molecule has 1 atom stereocenters. The van der Waals surface area contributed by atoms with Gasteiger partial charge in [0, 0.05) is 0 Å². The van der Waals surface area contributed by atoms with E-state index in [1.807, 2.05) is 6.07 Å². The zero-order chi connectivity index (χ0) is 12.3. The Morgan fingerprint density at radius 3 is 2.29 bits per heavy atom. The molecule has 2 rings (SSSR count).